The standard InChI is InChI=1S/C14H20ClNO3S/c1-3-12-6-4-5-9-16(12)20(17,18)14-10-11(15)7-8-13(14)19-2/h7-8,10,12H,3-6,9H2,1-2H3. The summed E-state index contributed by atoms with van der Waals surface area (Å²) < 4.78 is 32.5. The highest BCUT2D eigenvalue weighted by molar-refractivity contribution is 7.89. The maximum absolute atomic E-state index is 12.9. The van der Waals surface area contributed by atoms with E-state index in [9.17, 15) is 8.42 Å². The Labute approximate surface area is 125 Å². The van der Waals surface area contributed by atoms with Crippen molar-refractivity contribution in [2.45, 2.75) is 43.5 Å². The van der Waals surface area contributed by atoms with E-state index in [-0.39, 0.29) is 10.9 Å². The SMILES string of the molecule is CCC1CCCCN1S(=O)(=O)c1cc(Cl)ccc1OC. The fourth-order valence-electron chi connectivity index (χ4n) is 2.68. The molecule has 20 heavy (non-hydrogen) atoms. The van der Waals surface area contributed by atoms with Crippen LogP contribution in [-0.4, -0.2) is 32.4 Å². The molecule has 1 aliphatic rings. The van der Waals surface area contributed by atoms with Gasteiger partial charge in [0, 0.05) is 17.6 Å². The first-order valence-corrected chi connectivity index (χ1v) is 8.68. The molecule has 1 aromatic carbocycles. The highest BCUT2D eigenvalue weighted by atomic mass is 35.5. The molecule has 1 fully saturated rings. The summed E-state index contributed by atoms with van der Waals surface area (Å²) in [5.74, 6) is 0.342. The van der Waals surface area contributed by atoms with Gasteiger partial charge in [0.2, 0.25) is 10.0 Å². The molecule has 0 aliphatic carbocycles. The van der Waals surface area contributed by atoms with Gasteiger partial charge in [-0.15, -0.1) is 0 Å². The molecular weight excluding hydrogens is 298 g/mol. The average molecular weight is 318 g/mol. The quantitative estimate of drug-likeness (QED) is 0.856. The number of ether oxygens (including phenoxy) is 1. The summed E-state index contributed by atoms with van der Waals surface area (Å²) in [5, 5.41) is 0.398. The smallest absolute Gasteiger partial charge is 0.247 e. The van der Waals surface area contributed by atoms with Crippen LogP contribution in [0.2, 0.25) is 5.02 Å². The summed E-state index contributed by atoms with van der Waals surface area (Å²) in [6.07, 6.45) is 3.72. The normalized spacial score (nSPS) is 20.9. The molecule has 0 N–H and O–H groups in total. The largest absolute Gasteiger partial charge is 0.495 e. The van der Waals surface area contributed by atoms with E-state index in [1.807, 2.05) is 6.92 Å². The van der Waals surface area contributed by atoms with Crippen molar-refractivity contribution in [3.8, 4) is 5.75 Å². The number of hydrogen-bond acceptors (Lipinski definition) is 3. The molecule has 112 valence electrons. The Morgan fingerprint density at radius 1 is 1.40 bits per heavy atom. The van der Waals surface area contributed by atoms with E-state index in [2.05, 4.69) is 0 Å². The monoisotopic (exact) mass is 317 g/mol. The van der Waals surface area contributed by atoms with Gasteiger partial charge in [-0.2, -0.15) is 4.31 Å². The van der Waals surface area contributed by atoms with E-state index in [0.717, 1.165) is 25.7 Å². The molecule has 1 unspecified atom stereocenters. The Morgan fingerprint density at radius 2 is 2.15 bits per heavy atom. The van der Waals surface area contributed by atoms with Crippen molar-refractivity contribution < 1.29 is 13.2 Å². The second kappa shape index (κ2) is 6.33. The molecule has 6 heteroatoms. The summed E-state index contributed by atoms with van der Waals surface area (Å²) in [6.45, 7) is 2.59. The minimum atomic E-state index is -3.56. The first-order chi connectivity index (χ1) is 9.50. The molecule has 1 aromatic rings. The fourth-order valence-corrected chi connectivity index (χ4v) is 4.86. The number of hydrogen-bond donors (Lipinski definition) is 0. The summed E-state index contributed by atoms with van der Waals surface area (Å²) >= 11 is 5.95. The molecular formula is C14H20ClNO3S. The summed E-state index contributed by atoms with van der Waals surface area (Å²) in [7, 11) is -2.10. The maximum Gasteiger partial charge on any atom is 0.247 e. The lowest BCUT2D eigenvalue weighted by molar-refractivity contribution is 0.246. The van der Waals surface area contributed by atoms with Crippen LogP contribution < -0.4 is 4.74 Å². The molecule has 0 spiro atoms. The number of halogens is 1. The topological polar surface area (TPSA) is 46.6 Å². The predicted molar refractivity (Wildman–Crippen MR) is 79.8 cm³/mol. The zero-order valence-electron chi connectivity index (χ0n) is 11.8. The number of benzene rings is 1. The van der Waals surface area contributed by atoms with Crippen LogP contribution in [0.25, 0.3) is 0 Å². The van der Waals surface area contributed by atoms with Crippen molar-refractivity contribution in [1.82, 2.24) is 4.31 Å². The van der Waals surface area contributed by atoms with E-state index in [1.54, 1.807) is 16.4 Å². The van der Waals surface area contributed by atoms with Gasteiger partial charge in [0.1, 0.15) is 10.6 Å². The summed E-state index contributed by atoms with van der Waals surface area (Å²) in [4.78, 5) is 0.160. The molecule has 1 saturated heterocycles. The third-order valence-corrected chi connectivity index (χ3v) is 5.96. The van der Waals surface area contributed by atoms with Crippen LogP contribution in [0.3, 0.4) is 0 Å². The second-order valence-corrected chi connectivity index (χ2v) is 7.26. The zero-order valence-corrected chi connectivity index (χ0v) is 13.4. The Kier molecular flexibility index (Phi) is 4.94. The van der Waals surface area contributed by atoms with E-state index in [0.29, 0.717) is 17.3 Å². The Morgan fingerprint density at radius 3 is 2.80 bits per heavy atom. The van der Waals surface area contributed by atoms with Crippen LogP contribution >= 0.6 is 11.6 Å². The first kappa shape index (κ1) is 15.6. The molecule has 0 bridgehead atoms. The molecule has 4 nitrogen and oxygen atoms in total. The number of piperidine rings is 1. The number of rotatable bonds is 4. The maximum atomic E-state index is 12.9. The molecule has 1 aliphatic heterocycles. The molecule has 0 amide bonds. The van der Waals surface area contributed by atoms with Crippen molar-refractivity contribution in [1.29, 1.82) is 0 Å². The van der Waals surface area contributed by atoms with Gasteiger partial charge >= 0.3 is 0 Å². The van der Waals surface area contributed by atoms with E-state index < -0.39 is 10.0 Å². The second-order valence-electron chi connectivity index (χ2n) is 4.97. The summed E-state index contributed by atoms with van der Waals surface area (Å²) in [6, 6.07) is 4.77. The van der Waals surface area contributed by atoms with Crippen LogP contribution in [0.1, 0.15) is 32.6 Å². The predicted octanol–water partition coefficient (Wildman–Crippen LogP) is 3.30. The van der Waals surface area contributed by atoms with Crippen LogP contribution in [-0.2, 0) is 10.0 Å². The Hall–Kier alpha value is -0.780. The van der Waals surface area contributed by atoms with Crippen LogP contribution in [0.4, 0.5) is 0 Å². The Balaban J connectivity index is 2.46. The van der Waals surface area contributed by atoms with Crippen molar-refractivity contribution >= 4 is 21.6 Å². The highest BCUT2D eigenvalue weighted by Gasteiger charge is 2.34. The van der Waals surface area contributed by atoms with Gasteiger partial charge in [0.05, 0.1) is 7.11 Å². The van der Waals surface area contributed by atoms with E-state index >= 15 is 0 Å². The summed E-state index contributed by atoms with van der Waals surface area (Å²) in [5.41, 5.74) is 0. The third-order valence-electron chi connectivity index (χ3n) is 3.76. The average Bonchev–Trinajstić information content (AvgIpc) is 2.47. The van der Waals surface area contributed by atoms with Crippen molar-refractivity contribution in [2.24, 2.45) is 0 Å². The first-order valence-electron chi connectivity index (χ1n) is 6.86. The highest BCUT2D eigenvalue weighted by Crippen LogP contribution is 2.33. The minimum Gasteiger partial charge on any atom is -0.495 e. The lowest BCUT2D eigenvalue weighted by atomic mass is 10.0. The fraction of sp³-hybridized carbons (Fsp3) is 0.571. The van der Waals surface area contributed by atoms with Crippen molar-refractivity contribution in [3.63, 3.8) is 0 Å². The van der Waals surface area contributed by atoms with Crippen LogP contribution in [0.5, 0.6) is 5.75 Å². The van der Waals surface area contributed by atoms with Crippen LogP contribution in [0, 0.1) is 0 Å². The Bertz CT molecular complexity index is 574. The molecule has 0 saturated carbocycles. The zero-order chi connectivity index (χ0) is 14.8. The van der Waals surface area contributed by atoms with Gasteiger partial charge in [-0.25, -0.2) is 8.42 Å². The molecule has 1 heterocycles. The van der Waals surface area contributed by atoms with Gasteiger partial charge in [-0.05, 0) is 37.5 Å². The molecule has 0 aromatic heterocycles. The van der Waals surface area contributed by atoms with Crippen molar-refractivity contribution in [2.75, 3.05) is 13.7 Å². The number of sulfonamides is 1. The van der Waals surface area contributed by atoms with Gasteiger partial charge in [-0.3, -0.25) is 0 Å². The molecule has 2 rings (SSSR count). The van der Waals surface area contributed by atoms with Crippen molar-refractivity contribution in [3.05, 3.63) is 23.2 Å². The number of nitrogens with zero attached hydrogens (tertiary/aromatic N) is 1. The lowest BCUT2D eigenvalue weighted by Gasteiger charge is -2.34. The minimum absolute atomic E-state index is 0.0671. The van der Waals surface area contributed by atoms with E-state index in [1.165, 1.54) is 13.2 Å². The van der Waals surface area contributed by atoms with Gasteiger partial charge in [-0.1, -0.05) is 24.9 Å². The lowest BCUT2D eigenvalue weighted by Crippen LogP contribution is -2.43. The van der Waals surface area contributed by atoms with E-state index in [4.69, 9.17) is 16.3 Å². The molecule has 1 atom stereocenters. The van der Waals surface area contributed by atoms with Gasteiger partial charge in [0.25, 0.3) is 0 Å². The van der Waals surface area contributed by atoms with Crippen LogP contribution in [0.15, 0.2) is 23.1 Å². The number of methoxy groups -OCH3 is 1. The van der Waals surface area contributed by atoms with Gasteiger partial charge in [0.15, 0.2) is 0 Å². The molecule has 0 radical (unpaired) electrons. The third kappa shape index (κ3) is 2.95. The van der Waals surface area contributed by atoms with Gasteiger partial charge < -0.3 is 4.74 Å².